The molecule has 3 amide bonds. The molecule has 0 atom stereocenters. The van der Waals surface area contributed by atoms with E-state index in [-0.39, 0.29) is 23.2 Å². The van der Waals surface area contributed by atoms with Crippen LogP contribution in [0.15, 0.2) is 52.5 Å². The van der Waals surface area contributed by atoms with E-state index in [0.717, 1.165) is 59.6 Å². The first kappa shape index (κ1) is 27.7. The first-order chi connectivity index (χ1) is 18.5. The summed E-state index contributed by atoms with van der Waals surface area (Å²) in [5.74, 6) is -0.242. The zero-order chi connectivity index (χ0) is 26.9. The van der Waals surface area contributed by atoms with Crippen LogP contribution in [0.3, 0.4) is 0 Å². The zero-order valence-electron chi connectivity index (χ0n) is 21.6. The number of anilines is 1. The minimum absolute atomic E-state index is 0.190. The van der Waals surface area contributed by atoms with Gasteiger partial charge in [0, 0.05) is 30.1 Å². The lowest BCUT2D eigenvalue weighted by Crippen LogP contribution is -2.45. The van der Waals surface area contributed by atoms with Crippen molar-refractivity contribution in [2.24, 2.45) is 5.10 Å². The average molecular weight is 539 g/mol. The Labute approximate surface area is 227 Å². The summed E-state index contributed by atoms with van der Waals surface area (Å²) >= 11 is 1.70. The fourth-order valence-corrected chi connectivity index (χ4v) is 5.34. The number of ether oxygens (including phenoxy) is 1. The Balaban J connectivity index is 1.42. The second-order valence-corrected chi connectivity index (χ2v) is 10.4. The number of carboxylic acid groups (broad SMARTS) is 1. The highest BCUT2D eigenvalue weighted by molar-refractivity contribution is 7.99. The Morgan fingerprint density at radius 2 is 1.84 bits per heavy atom. The number of urea groups is 1. The second-order valence-electron chi connectivity index (χ2n) is 9.27. The molecule has 1 fully saturated rings. The molecular weight excluding hydrogens is 504 g/mol. The standard InChI is InChI=1S/C28H34N4O5S/c1-2-3-4-13-32-24-12-11-22(38-18-5-6-20-7-9-21(10-8-20)27(34)35)19-23(24)25(26(32)33)29-30-28(36)31-14-16-37-17-15-31/h7-12,19H,2-6,13-18H2,1H3,(H,30,36)(H,34,35)/b29-25-. The molecule has 2 aromatic carbocycles. The van der Waals surface area contributed by atoms with Gasteiger partial charge < -0.3 is 19.6 Å². The number of amides is 3. The predicted molar refractivity (Wildman–Crippen MR) is 148 cm³/mol. The molecule has 38 heavy (non-hydrogen) atoms. The average Bonchev–Trinajstić information content (AvgIpc) is 3.20. The number of unbranched alkanes of at least 4 members (excludes halogenated alkanes) is 2. The smallest absolute Gasteiger partial charge is 0.337 e. The van der Waals surface area contributed by atoms with Crippen LogP contribution in [0, 0.1) is 0 Å². The maximum atomic E-state index is 13.3. The van der Waals surface area contributed by atoms with Crippen molar-refractivity contribution in [3.05, 3.63) is 59.2 Å². The SMILES string of the molecule is CCCCCN1C(=O)/C(=N\NC(=O)N2CCOCC2)c2cc(SCCCc3ccc(C(=O)O)cc3)ccc21. The molecule has 0 spiro atoms. The van der Waals surface area contributed by atoms with Crippen LogP contribution in [0.25, 0.3) is 0 Å². The van der Waals surface area contributed by atoms with Gasteiger partial charge in [0.05, 0.1) is 24.5 Å². The van der Waals surface area contributed by atoms with Crippen LogP contribution in [0.4, 0.5) is 10.5 Å². The summed E-state index contributed by atoms with van der Waals surface area (Å²) in [6, 6.07) is 12.6. The number of aryl methyl sites for hydroxylation is 1. The number of hydrogen-bond acceptors (Lipinski definition) is 6. The van der Waals surface area contributed by atoms with E-state index in [4.69, 9.17) is 9.84 Å². The quantitative estimate of drug-likeness (QED) is 0.249. The Morgan fingerprint density at radius 1 is 1.08 bits per heavy atom. The molecule has 0 aromatic heterocycles. The molecule has 0 radical (unpaired) electrons. The maximum absolute atomic E-state index is 13.3. The number of hydrogen-bond donors (Lipinski definition) is 2. The summed E-state index contributed by atoms with van der Waals surface area (Å²) in [7, 11) is 0. The van der Waals surface area contributed by atoms with Gasteiger partial charge in [0.25, 0.3) is 5.91 Å². The van der Waals surface area contributed by atoms with Crippen molar-refractivity contribution in [2.75, 3.05) is 43.5 Å². The number of thioether (sulfide) groups is 1. The van der Waals surface area contributed by atoms with Gasteiger partial charge in [-0.25, -0.2) is 15.0 Å². The Hall–Kier alpha value is -3.37. The number of morpholine rings is 1. The van der Waals surface area contributed by atoms with E-state index in [0.29, 0.717) is 32.8 Å². The molecule has 0 saturated carbocycles. The molecular formula is C28H34N4O5S. The van der Waals surface area contributed by atoms with Crippen molar-refractivity contribution < 1.29 is 24.2 Å². The van der Waals surface area contributed by atoms with Gasteiger partial charge in [-0.1, -0.05) is 31.9 Å². The van der Waals surface area contributed by atoms with E-state index < -0.39 is 5.97 Å². The Kier molecular flexibility index (Phi) is 9.78. The molecule has 9 nitrogen and oxygen atoms in total. The Morgan fingerprint density at radius 3 is 2.55 bits per heavy atom. The molecule has 2 N–H and O–H groups in total. The van der Waals surface area contributed by atoms with E-state index in [1.165, 1.54) is 0 Å². The topological polar surface area (TPSA) is 112 Å². The summed E-state index contributed by atoms with van der Waals surface area (Å²) in [4.78, 5) is 41.3. The van der Waals surface area contributed by atoms with E-state index >= 15 is 0 Å². The Bertz CT molecular complexity index is 1180. The van der Waals surface area contributed by atoms with Gasteiger partial charge >= 0.3 is 12.0 Å². The fourth-order valence-electron chi connectivity index (χ4n) is 4.45. The first-order valence-electron chi connectivity index (χ1n) is 13.1. The molecule has 202 valence electrons. The number of carboxylic acids is 1. The van der Waals surface area contributed by atoms with Crippen molar-refractivity contribution in [1.29, 1.82) is 0 Å². The highest BCUT2D eigenvalue weighted by Crippen LogP contribution is 2.33. The first-order valence-corrected chi connectivity index (χ1v) is 14.1. The van der Waals surface area contributed by atoms with Gasteiger partial charge in [0.1, 0.15) is 0 Å². The van der Waals surface area contributed by atoms with Crippen LogP contribution < -0.4 is 10.3 Å². The van der Waals surface area contributed by atoms with Crippen molar-refractivity contribution in [2.45, 2.75) is 43.9 Å². The van der Waals surface area contributed by atoms with Crippen LogP contribution in [0.1, 0.15) is 54.1 Å². The molecule has 1 saturated heterocycles. The second kappa shape index (κ2) is 13.4. The highest BCUT2D eigenvalue weighted by Gasteiger charge is 2.34. The lowest BCUT2D eigenvalue weighted by molar-refractivity contribution is -0.112. The number of hydrazone groups is 1. The third-order valence-corrected chi connectivity index (χ3v) is 7.67. The van der Waals surface area contributed by atoms with Gasteiger partial charge in [-0.15, -0.1) is 11.8 Å². The summed E-state index contributed by atoms with van der Waals surface area (Å²) in [6.45, 7) is 4.71. The highest BCUT2D eigenvalue weighted by atomic mass is 32.2. The minimum atomic E-state index is -0.922. The number of nitrogens with one attached hydrogen (secondary N) is 1. The van der Waals surface area contributed by atoms with Gasteiger partial charge in [-0.05, 0) is 60.9 Å². The van der Waals surface area contributed by atoms with Crippen LogP contribution >= 0.6 is 11.8 Å². The number of benzene rings is 2. The maximum Gasteiger partial charge on any atom is 0.337 e. The third-order valence-electron chi connectivity index (χ3n) is 6.59. The van der Waals surface area contributed by atoms with Crippen molar-refractivity contribution in [1.82, 2.24) is 10.3 Å². The lowest BCUT2D eigenvalue weighted by atomic mass is 10.1. The summed E-state index contributed by atoms with van der Waals surface area (Å²) in [6.07, 6.45) is 4.77. The van der Waals surface area contributed by atoms with Gasteiger partial charge in [0.15, 0.2) is 5.71 Å². The minimum Gasteiger partial charge on any atom is -0.478 e. The van der Waals surface area contributed by atoms with Crippen LogP contribution in [-0.4, -0.2) is 72.2 Å². The van der Waals surface area contributed by atoms with Crippen LogP contribution in [0.5, 0.6) is 0 Å². The summed E-state index contributed by atoms with van der Waals surface area (Å²) < 4.78 is 5.30. The van der Waals surface area contributed by atoms with Gasteiger partial charge in [0.2, 0.25) is 0 Å². The monoisotopic (exact) mass is 538 g/mol. The van der Waals surface area contributed by atoms with Gasteiger partial charge in [-0.2, -0.15) is 5.10 Å². The van der Waals surface area contributed by atoms with E-state index in [1.54, 1.807) is 33.7 Å². The summed E-state index contributed by atoms with van der Waals surface area (Å²) in [5.41, 5.74) is 5.80. The molecule has 4 rings (SSSR count). The molecule has 0 unspecified atom stereocenters. The van der Waals surface area contributed by atoms with E-state index in [9.17, 15) is 14.4 Å². The van der Waals surface area contributed by atoms with Crippen molar-refractivity contribution >= 4 is 41.1 Å². The van der Waals surface area contributed by atoms with Crippen LogP contribution in [0.2, 0.25) is 0 Å². The molecule has 2 aromatic rings. The predicted octanol–water partition coefficient (Wildman–Crippen LogP) is 4.39. The van der Waals surface area contributed by atoms with Crippen molar-refractivity contribution in [3.8, 4) is 0 Å². The summed E-state index contributed by atoms with van der Waals surface area (Å²) in [5, 5.41) is 13.3. The molecule has 0 bridgehead atoms. The zero-order valence-corrected chi connectivity index (χ0v) is 22.5. The number of rotatable bonds is 11. The molecule has 10 heteroatoms. The fraction of sp³-hybridized carbons (Fsp3) is 0.429. The molecule has 2 aliphatic heterocycles. The molecule has 2 aliphatic rings. The number of fused-ring (bicyclic) bond motifs is 1. The van der Waals surface area contributed by atoms with E-state index in [1.807, 2.05) is 30.3 Å². The van der Waals surface area contributed by atoms with Crippen LogP contribution in [-0.2, 0) is 16.0 Å². The molecule has 0 aliphatic carbocycles. The largest absolute Gasteiger partial charge is 0.478 e. The lowest BCUT2D eigenvalue weighted by Gasteiger charge is -2.25. The normalized spacial score (nSPS) is 16.1. The number of nitrogens with zero attached hydrogens (tertiary/aromatic N) is 3. The molecule has 2 heterocycles. The van der Waals surface area contributed by atoms with E-state index in [2.05, 4.69) is 17.5 Å². The van der Waals surface area contributed by atoms with Crippen molar-refractivity contribution in [3.63, 3.8) is 0 Å². The number of carbonyl (C=O) groups is 3. The number of carbonyl (C=O) groups excluding carboxylic acids is 2. The third kappa shape index (κ3) is 6.93. The van der Waals surface area contributed by atoms with Gasteiger partial charge in [-0.3, -0.25) is 4.79 Å². The number of aromatic carboxylic acids is 1.